The van der Waals surface area contributed by atoms with Gasteiger partial charge in [0.25, 0.3) is 5.89 Å². The van der Waals surface area contributed by atoms with Gasteiger partial charge < -0.3 is 14.6 Å². The van der Waals surface area contributed by atoms with Crippen LogP contribution in [0.25, 0.3) is 0 Å². The third-order valence-corrected chi connectivity index (χ3v) is 3.58. The Bertz CT molecular complexity index is 578. The lowest BCUT2D eigenvalue weighted by Gasteiger charge is -2.12. The Morgan fingerprint density at radius 2 is 2.30 bits per heavy atom. The molecule has 5 heteroatoms. The normalized spacial score (nSPS) is 16.1. The maximum absolute atomic E-state index is 5.72. The number of nitrogens with zero attached hydrogens (tertiary/aromatic N) is 2. The third-order valence-electron chi connectivity index (χ3n) is 3.58. The molecule has 1 N–H and O–H groups in total. The molecule has 3 rings (SSSR count). The van der Waals surface area contributed by atoms with E-state index in [2.05, 4.69) is 28.4 Å². The van der Waals surface area contributed by atoms with Crippen LogP contribution in [-0.4, -0.2) is 17.2 Å². The molecule has 5 nitrogen and oxygen atoms in total. The fourth-order valence-corrected chi connectivity index (χ4v) is 2.02. The summed E-state index contributed by atoms with van der Waals surface area (Å²) in [5, 5.41) is 7.18. The first-order valence-electron chi connectivity index (χ1n) is 6.99. The molecule has 1 unspecified atom stereocenters. The Morgan fingerprint density at radius 3 is 3.05 bits per heavy atom. The Morgan fingerprint density at radius 1 is 1.45 bits per heavy atom. The van der Waals surface area contributed by atoms with Crippen molar-refractivity contribution in [2.75, 3.05) is 7.05 Å². The predicted molar refractivity (Wildman–Crippen MR) is 74.5 cm³/mol. The van der Waals surface area contributed by atoms with Gasteiger partial charge in [-0.25, -0.2) is 0 Å². The maximum atomic E-state index is 5.72. The lowest BCUT2D eigenvalue weighted by molar-refractivity contribution is 0.242. The second kappa shape index (κ2) is 5.63. The average molecular weight is 273 g/mol. The van der Waals surface area contributed by atoms with Crippen molar-refractivity contribution >= 4 is 0 Å². The van der Waals surface area contributed by atoms with Crippen LogP contribution in [-0.2, 0) is 6.61 Å². The van der Waals surface area contributed by atoms with Gasteiger partial charge in [0, 0.05) is 12.0 Å². The van der Waals surface area contributed by atoms with E-state index in [4.69, 9.17) is 9.26 Å². The smallest absolute Gasteiger partial charge is 0.264 e. The highest BCUT2D eigenvalue weighted by Crippen LogP contribution is 2.38. The van der Waals surface area contributed by atoms with Crippen LogP contribution < -0.4 is 10.1 Å². The van der Waals surface area contributed by atoms with Crippen molar-refractivity contribution in [3.63, 3.8) is 0 Å². The second-order valence-electron chi connectivity index (χ2n) is 5.19. The number of hydrogen-bond donors (Lipinski definition) is 1. The summed E-state index contributed by atoms with van der Waals surface area (Å²) in [5.41, 5.74) is 1.19. The lowest BCUT2D eigenvalue weighted by Crippen LogP contribution is -2.12. The van der Waals surface area contributed by atoms with Crippen LogP contribution in [0.3, 0.4) is 0 Å². The van der Waals surface area contributed by atoms with E-state index < -0.39 is 0 Å². The molecule has 0 aliphatic heterocycles. The summed E-state index contributed by atoms with van der Waals surface area (Å²) in [6.45, 7) is 2.43. The molecule has 2 aromatic rings. The topological polar surface area (TPSA) is 60.2 Å². The molecule has 0 amide bonds. The molecular weight excluding hydrogens is 254 g/mol. The molecule has 1 aromatic carbocycles. The van der Waals surface area contributed by atoms with Crippen molar-refractivity contribution in [1.29, 1.82) is 0 Å². The van der Waals surface area contributed by atoms with Crippen LogP contribution in [0.2, 0.25) is 0 Å². The molecule has 0 radical (unpaired) electrons. The SMILES string of the molecule is CNC(C)c1cccc(OCc2nc(C3CC3)no2)c1. The Labute approximate surface area is 118 Å². The number of ether oxygens (including phenoxy) is 1. The zero-order valence-electron chi connectivity index (χ0n) is 11.8. The summed E-state index contributed by atoms with van der Waals surface area (Å²) in [7, 11) is 1.94. The fraction of sp³-hybridized carbons (Fsp3) is 0.467. The van der Waals surface area contributed by atoms with Crippen molar-refractivity contribution in [3.05, 3.63) is 41.5 Å². The highest BCUT2D eigenvalue weighted by atomic mass is 16.5. The molecule has 0 bridgehead atoms. The van der Waals surface area contributed by atoms with Gasteiger partial charge in [-0.3, -0.25) is 0 Å². The third kappa shape index (κ3) is 2.99. The van der Waals surface area contributed by atoms with E-state index in [1.165, 1.54) is 18.4 Å². The zero-order valence-corrected chi connectivity index (χ0v) is 11.8. The van der Waals surface area contributed by atoms with Gasteiger partial charge in [0.05, 0.1) is 0 Å². The minimum absolute atomic E-state index is 0.295. The fourth-order valence-electron chi connectivity index (χ4n) is 2.02. The van der Waals surface area contributed by atoms with E-state index in [9.17, 15) is 0 Å². The molecule has 1 atom stereocenters. The average Bonchev–Trinajstić information content (AvgIpc) is 3.23. The molecular formula is C15H19N3O2. The van der Waals surface area contributed by atoms with E-state index >= 15 is 0 Å². The minimum atomic E-state index is 0.295. The molecule has 0 spiro atoms. The number of aromatic nitrogens is 2. The minimum Gasteiger partial charge on any atom is -0.484 e. The molecule has 1 saturated carbocycles. The molecule has 1 aliphatic carbocycles. The van der Waals surface area contributed by atoms with Gasteiger partial charge in [-0.2, -0.15) is 4.98 Å². The molecule has 1 aliphatic rings. The Kier molecular flexibility index (Phi) is 3.69. The van der Waals surface area contributed by atoms with E-state index in [1.807, 2.05) is 25.2 Å². The van der Waals surface area contributed by atoms with Crippen molar-refractivity contribution in [2.24, 2.45) is 0 Å². The quantitative estimate of drug-likeness (QED) is 0.877. The summed E-state index contributed by atoms with van der Waals surface area (Å²) >= 11 is 0. The van der Waals surface area contributed by atoms with Gasteiger partial charge in [-0.15, -0.1) is 0 Å². The highest BCUT2D eigenvalue weighted by molar-refractivity contribution is 5.30. The number of hydrogen-bond acceptors (Lipinski definition) is 5. The van der Waals surface area contributed by atoms with Crippen LogP contribution in [0, 0.1) is 0 Å². The standard InChI is InChI=1S/C15H19N3O2/c1-10(16-2)12-4-3-5-13(8-12)19-9-14-17-15(18-20-14)11-6-7-11/h3-5,8,10-11,16H,6-7,9H2,1-2H3. The first kappa shape index (κ1) is 13.1. The number of rotatable bonds is 6. The predicted octanol–water partition coefficient (Wildman–Crippen LogP) is 2.81. The van der Waals surface area contributed by atoms with Gasteiger partial charge in [-0.1, -0.05) is 17.3 Å². The summed E-state index contributed by atoms with van der Waals surface area (Å²) in [6.07, 6.45) is 2.34. The molecule has 1 heterocycles. The molecule has 1 fully saturated rings. The van der Waals surface area contributed by atoms with Crippen molar-refractivity contribution in [3.8, 4) is 5.75 Å². The zero-order chi connectivity index (χ0) is 13.9. The van der Waals surface area contributed by atoms with Gasteiger partial charge in [0.2, 0.25) is 0 Å². The van der Waals surface area contributed by atoms with Gasteiger partial charge in [0.1, 0.15) is 5.75 Å². The lowest BCUT2D eigenvalue weighted by atomic mass is 10.1. The van der Waals surface area contributed by atoms with Gasteiger partial charge >= 0.3 is 0 Å². The highest BCUT2D eigenvalue weighted by Gasteiger charge is 2.28. The number of benzene rings is 1. The Hall–Kier alpha value is -1.88. The van der Waals surface area contributed by atoms with E-state index in [0.717, 1.165) is 11.6 Å². The first-order chi connectivity index (χ1) is 9.76. The van der Waals surface area contributed by atoms with Crippen LogP contribution in [0.5, 0.6) is 5.75 Å². The molecule has 1 aromatic heterocycles. The van der Waals surface area contributed by atoms with Gasteiger partial charge in [-0.05, 0) is 44.5 Å². The first-order valence-corrected chi connectivity index (χ1v) is 6.99. The van der Waals surface area contributed by atoms with E-state index in [1.54, 1.807) is 0 Å². The maximum Gasteiger partial charge on any atom is 0.264 e. The van der Waals surface area contributed by atoms with Crippen molar-refractivity contribution < 1.29 is 9.26 Å². The summed E-state index contributed by atoms with van der Waals surface area (Å²) < 4.78 is 10.9. The monoisotopic (exact) mass is 273 g/mol. The van der Waals surface area contributed by atoms with E-state index in [0.29, 0.717) is 24.5 Å². The van der Waals surface area contributed by atoms with Crippen LogP contribution in [0.15, 0.2) is 28.8 Å². The largest absolute Gasteiger partial charge is 0.484 e. The summed E-state index contributed by atoms with van der Waals surface area (Å²) in [5.74, 6) is 2.68. The molecule has 20 heavy (non-hydrogen) atoms. The molecule has 106 valence electrons. The molecule has 0 saturated heterocycles. The second-order valence-corrected chi connectivity index (χ2v) is 5.19. The summed E-state index contributed by atoms with van der Waals surface area (Å²) in [4.78, 5) is 4.35. The van der Waals surface area contributed by atoms with Crippen molar-refractivity contribution in [1.82, 2.24) is 15.5 Å². The van der Waals surface area contributed by atoms with E-state index in [-0.39, 0.29) is 0 Å². The van der Waals surface area contributed by atoms with Crippen LogP contribution in [0.4, 0.5) is 0 Å². The van der Waals surface area contributed by atoms with Crippen LogP contribution >= 0.6 is 0 Å². The number of nitrogens with one attached hydrogen (secondary N) is 1. The van der Waals surface area contributed by atoms with Gasteiger partial charge in [0.15, 0.2) is 12.4 Å². The Balaban J connectivity index is 1.62. The van der Waals surface area contributed by atoms with Crippen molar-refractivity contribution in [2.45, 2.75) is 38.3 Å². The summed E-state index contributed by atoms with van der Waals surface area (Å²) in [6, 6.07) is 8.32. The van der Waals surface area contributed by atoms with Crippen LogP contribution in [0.1, 0.15) is 49.0 Å².